The number of hydrogen-bond acceptors (Lipinski definition) is 5. The van der Waals surface area contributed by atoms with Crippen LogP contribution in [0.2, 0.25) is 19.6 Å². The molecular weight excluding hydrogens is 504 g/mol. The molecule has 39 heavy (non-hydrogen) atoms. The number of carbonyl (C=O) groups excluding carboxylic acids is 2. The Kier molecular flexibility index (Phi) is 20.2. The molecular formula is C33H60O5Si. The molecule has 1 aromatic heterocycles. The summed E-state index contributed by atoms with van der Waals surface area (Å²) >= 11 is 0. The van der Waals surface area contributed by atoms with Crippen LogP contribution in [0.4, 0.5) is 0 Å². The van der Waals surface area contributed by atoms with Gasteiger partial charge >= 0.3 is 11.9 Å². The topological polar surface area (TPSA) is 65.7 Å². The van der Waals surface area contributed by atoms with E-state index in [0.29, 0.717) is 12.8 Å². The van der Waals surface area contributed by atoms with Gasteiger partial charge in [0.1, 0.15) is 14.7 Å². The van der Waals surface area contributed by atoms with E-state index in [-0.39, 0.29) is 18.5 Å². The Morgan fingerprint density at radius 2 is 1.13 bits per heavy atom. The van der Waals surface area contributed by atoms with E-state index in [1.807, 2.05) is 6.07 Å². The number of hydrogen-bond donors (Lipinski definition) is 0. The lowest BCUT2D eigenvalue weighted by atomic mass is 10.1. The zero-order valence-corrected chi connectivity index (χ0v) is 27.1. The first kappa shape index (κ1) is 35.5. The molecule has 0 bridgehead atoms. The number of rotatable bonds is 25. The van der Waals surface area contributed by atoms with E-state index in [0.717, 1.165) is 36.6 Å². The predicted octanol–water partition coefficient (Wildman–Crippen LogP) is 9.79. The Bertz CT molecular complexity index is 752. The van der Waals surface area contributed by atoms with Gasteiger partial charge < -0.3 is 13.9 Å². The molecule has 0 aliphatic heterocycles. The van der Waals surface area contributed by atoms with Gasteiger partial charge in [-0.15, -0.1) is 0 Å². The first-order valence-corrected chi connectivity index (χ1v) is 19.7. The van der Waals surface area contributed by atoms with Gasteiger partial charge in [-0.1, -0.05) is 136 Å². The quantitative estimate of drug-likeness (QED) is 0.0671. The third-order valence-electron chi connectivity index (χ3n) is 7.37. The second kappa shape index (κ2) is 22.2. The van der Waals surface area contributed by atoms with Gasteiger partial charge in [0.05, 0.1) is 11.6 Å². The second-order valence-electron chi connectivity index (χ2n) is 12.3. The van der Waals surface area contributed by atoms with Crippen molar-refractivity contribution in [2.75, 3.05) is 6.61 Å². The minimum Gasteiger partial charge on any atom is -0.474 e. The molecule has 1 aromatic rings. The molecule has 0 aliphatic rings. The van der Waals surface area contributed by atoms with E-state index in [1.165, 1.54) is 89.9 Å². The molecule has 0 aromatic carbocycles. The molecule has 0 aliphatic carbocycles. The maximum Gasteiger partial charge on any atom is 0.306 e. The van der Waals surface area contributed by atoms with E-state index >= 15 is 0 Å². The van der Waals surface area contributed by atoms with Crippen molar-refractivity contribution in [1.82, 2.24) is 0 Å². The number of ether oxygens (including phenoxy) is 2. The molecule has 0 radical (unpaired) electrons. The highest BCUT2D eigenvalue weighted by Crippen LogP contribution is 2.22. The molecule has 6 heteroatoms. The minimum absolute atomic E-state index is 0.0461. The van der Waals surface area contributed by atoms with Crippen LogP contribution in [0.15, 0.2) is 16.7 Å². The van der Waals surface area contributed by atoms with Crippen molar-refractivity contribution >= 4 is 25.4 Å². The van der Waals surface area contributed by atoms with Crippen LogP contribution < -0.4 is 5.38 Å². The summed E-state index contributed by atoms with van der Waals surface area (Å²) in [5.41, 5.74) is 0.781. The van der Waals surface area contributed by atoms with Gasteiger partial charge in [0, 0.05) is 18.4 Å². The molecule has 1 heterocycles. The Balaban J connectivity index is 2.41. The second-order valence-corrected chi connectivity index (χ2v) is 17.3. The molecule has 0 saturated carbocycles. The highest BCUT2D eigenvalue weighted by atomic mass is 28.3. The highest BCUT2D eigenvalue weighted by molar-refractivity contribution is 6.87. The van der Waals surface area contributed by atoms with E-state index < -0.39 is 14.2 Å². The summed E-state index contributed by atoms with van der Waals surface area (Å²) < 4.78 is 17.2. The van der Waals surface area contributed by atoms with Gasteiger partial charge in [-0.05, 0) is 18.9 Å². The fourth-order valence-corrected chi connectivity index (χ4v) is 5.74. The van der Waals surface area contributed by atoms with Crippen molar-refractivity contribution in [3.8, 4) is 0 Å². The van der Waals surface area contributed by atoms with Gasteiger partial charge in [-0.25, -0.2) is 0 Å². The summed E-state index contributed by atoms with van der Waals surface area (Å²) in [7, 11) is -1.64. The van der Waals surface area contributed by atoms with Gasteiger partial charge in [-0.2, -0.15) is 0 Å². The van der Waals surface area contributed by atoms with Crippen molar-refractivity contribution < 1.29 is 23.5 Å². The zero-order chi connectivity index (χ0) is 28.8. The minimum atomic E-state index is -1.64. The van der Waals surface area contributed by atoms with Crippen LogP contribution in [-0.2, 0) is 19.1 Å². The summed E-state index contributed by atoms with van der Waals surface area (Å²) in [6, 6.07) is 1.98. The van der Waals surface area contributed by atoms with Gasteiger partial charge in [0.2, 0.25) is 0 Å². The van der Waals surface area contributed by atoms with Crippen molar-refractivity contribution in [2.24, 2.45) is 0 Å². The lowest BCUT2D eigenvalue weighted by Crippen LogP contribution is -2.36. The lowest BCUT2D eigenvalue weighted by Gasteiger charge is -2.17. The average Bonchev–Trinajstić information content (AvgIpc) is 3.40. The van der Waals surface area contributed by atoms with Crippen LogP contribution >= 0.6 is 0 Å². The zero-order valence-electron chi connectivity index (χ0n) is 26.1. The SMILES string of the molecule is CCCCCCCCCCCC(=O)OCC(OC(=O)CCCCCCCCCCC)c1coc([Si](C)(C)C)c1. The summed E-state index contributed by atoms with van der Waals surface area (Å²) in [5.74, 6) is -0.444. The number of esters is 2. The molecule has 226 valence electrons. The van der Waals surface area contributed by atoms with Crippen molar-refractivity contribution in [1.29, 1.82) is 0 Å². The fraction of sp³-hybridized carbons (Fsp3) is 0.818. The Hall–Kier alpha value is -1.56. The third-order valence-corrected chi connectivity index (χ3v) is 9.11. The van der Waals surface area contributed by atoms with Gasteiger partial charge in [-0.3, -0.25) is 9.59 Å². The molecule has 1 atom stereocenters. The van der Waals surface area contributed by atoms with Crippen LogP contribution in [-0.4, -0.2) is 26.6 Å². The maximum absolute atomic E-state index is 12.7. The van der Waals surface area contributed by atoms with Crippen LogP contribution in [0.25, 0.3) is 0 Å². The molecule has 0 saturated heterocycles. The maximum atomic E-state index is 12.7. The molecule has 1 rings (SSSR count). The molecule has 0 N–H and O–H groups in total. The van der Waals surface area contributed by atoms with Crippen molar-refractivity contribution in [3.05, 3.63) is 17.9 Å². The van der Waals surface area contributed by atoms with Crippen molar-refractivity contribution in [2.45, 2.75) is 168 Å². The first-order valence-electron chi connectivity index (χ1n) is 16.2. The van der Waals surface area contributed by atoms with E-state index in [9.17, 15) is 9.59 Å². The van der Waals surface area contributed by atoms with Gasteiger partial charge in [0.25, 0.3) is 0 Å². The lowest BCUT2D eigenvalue weighted by molar-refractivity contribution is -0.159. The Labute approximate surface area is 241 Å². The van der Waals surface area contributed by atoms with E-state index in [1.54, 1.807) is 6.26 Å². The molecule has 1 unspecified atom stereocenters. The largest absolute Gasteiger partial charge is 0.474 e. The summed E-state index contributed by atoms with van der Waals surface area (Å²) in [6.45, 7) is 11.2. The molecule has 5 nitrogen and oxygen atoms in total. The highest BCUT2D eigenvalue weighted by Gasteiger charge is 2.26. The van der Waals surface area contributed by atoms with E-state index in [2.05, 4.69) is 33.5 Å². The Morgan fingerprint density at radius 3 is 1.56 bits per heavy atom. The Morgan fingerprint density at radius 1 is 0.692 bits per heavy atom. The third kappa shape index (κ3) is 18.4. The molecule has 0 spiro atoms. The average molecular weight is 565 g/mol. The van der Waals surface area contributed by atoms with Gasteiger partial charge in [0.15, 0.2) is 6.10 Å². The summed E-state index contributed by atoms with van der Waals surface area (Å²) in [4.78, 5) is 25.1. The smallest absolute Gasteiger partial charge is 0.306 e. The van der Waals surface area contributed by atoms with Crippen molar-refractivity contribution in [3.63, 3.8) is 0 Å². The van der Waals surface area contributed by atoms with E-state index in [4.69, 9.17) is 13.9 Å². The number of unbranched alkanes of at least 4 members (excludes halogenated alkanes) is 16. The van der Waals surface area contributed by atoms with Crippen LogP contribution in [0.5, 0.6) is 0 Å². The normalized spacial score (nSPS) is 12.4. The fourth-order valence-electron chi connectivity index (χ4n) is 4.73. The molecule has 0 fully saturated rings. The summed E-state index contributed by atoms with van der Waals surface area (Å²) in [6.07, 6.45) is 23.6. The van der Waals surface area contributed by atoms with Crippen LogP contribution in [0, 0.1) is 0 Å². The standard InChI is InChI=1S/C33H60O5Si/c1-6-8-10-12-14-16-18-20-22-24-31(34)36-28-30(29-26-33(37-27-29)39(3,4)5)38-32(35)25-23-21-19-17-15-13-11-9-7-2/h26-27,30H,6-25,28H2,1-5H3. The molecule has 0 amide bonds. The number of furan rings is 1. The van der Waals surface area contributed by atoms with Crippen LogP contribution in [0.3, 0.4) is 0 Å². The monoisotopic (exact) mass is 564 g/mol. The first-order chi connectivity index (χ1) is 18.8. The predicted molar refractivity (Wildman–Crippen MR) is 165 cm³/mol. The van der Waals surface area contributed by atoms with Crippen LogP contribution in [0.1, 0.15) is 154 Å². The number of carbonyl (C=O) groups is 2. The summed E-state index contributed by atoms with van der Waals surface area (Å²) in [5, 5.41) is 0.957.